The van der Waals surface area contributed by atoms with Crippen LogP contribution in [0.3, 0.4) is 0 Å². The Morgan fingerprint density at radius 3 is 2.40 bits per heavy atom. The van der Waals surface area contributed by atoms with Crippen molar-refractivity contribution in [1.82, 2.24) is 15.1 Å². The minimum Gasteiger partial charge on any atom is -0.352 e. The predicted molar refractivity (Wildman–Crippen MR) is 98.3 cm³/mol. The van der Waals surface area contributed by atoms with Crippen molar-refractivity contribution < 1.29 is 9.59 Å². The van der Waals surface area contributed by atoms with Gasteiger partial charge in [-0.25, -0.2) is 0 Å². The molecule has 0 spiro atoms. The van der Waals surface area contributed by atoms with E-state index >= 15 is 0 Å². The van der Waals surface area contributed by atoms with E-state index in [4.69, 9.17) is 0 Å². The molecule has 1 saturated heterocycles. The molecule has 136 valence electrons. The first-order valence-corrected chi connectivity index (χ1v) is 9.49. The second-order valence-corrected chi connectivity index (χ2v) is 7.37. The van der Waals surface area contributed by atoms with Gasteiger partial charge in [0.1, 0.15) is 0 Å². The van der Waals surface area contributed by atoms with Crippen LogP contribution in [0.5, 0.6) is 0 Å². The molecule has 1 aliphatic carbocycles. The number of nitrogens with one attached hydrogen (secondary N) is 1. The highest BCUT2D eigenvalue weighted by atomic mass is 16.2. The monoisotopic (exact) mass is 343 g/mol. The minimum absolute atomic E-state index is 0.0840. The molecule has 1 saturated carbocycles. The molecule has 0 unspecified atom stereocenters. The molecule has 25 heavy (non-hydrogen) atoms. The first-order chi connectivity index (χ1) is 12.1. The number of carbonyl (C=O) groups excluding carboxylic acids is 2. The number of hydrogen-bond donors (Lipinski definition) is 1. The average Bonchev–Trinajstić information content (AvgIpc) is 2.64. The molecule has 2 atom stereocenters. The van der Waals surface area contributed by atoms with Gasteiger partial charge in [0.05, 0.1) is 6.54 Å². The topological polar surface area (TPSA) is 52.7 Å². The Morgan fingerprint density at radius 2 is 1.72 bits per heavy atom. The molecule has 0 radical (unpaired) electrons. The van der Waals surface area contributed by atoms with Crippen LogP contribution in [0, 0.1) is 5.92 Å². The second-order valence-electron chi connectivity index (χ2n) is 7.37. The summed E-state index contributed by atoms with van der Waals surface area (Å²) in [5.74, 6) is 0.792. The highest BCUT2D eigenvalue weighted by molar-refractivity contribution is 5.94. The number of hydrogen-bond acceptors (Lipinski definition) is 3. The fourth-order valence-electron chi connectivity index (χ4n) is 3.86. The SMILES string of the molecule is C[C@@H]1CCCC[C@@H]1NC(=O)CN1CCN(C(=O)c2ccccc2)CC1. The summed E-state index contributed by atoms with van der Waals surface area (Å²) in [7, 11) is 0. The zero-order valence-electron chi connectivity index (χ0n) is 15.1. The predicted octanol–water partition coefficient (Wildman–Crippen LogP) is 2.14. The van der Waals surface area contributed by atoms with E-state index in [2.05, 4.69) is 17.1 Å². The molecule has 5 nitrogen and oxygen atoms in total. The van der Waals surface area contributed by atoms with Gasteiger partial charge >= 0.3 is 0 Å². The van der Waals surface area contributed by atoms with Crippen LogP contribution < -0.4 is 5.32 Å². The summed E-state index contributed by atoms with van der Waals surface area (Å²) in [5, 5.41) is 3.21. The molecule has 5 heteroatoms. The number of carbonyl (C=O) groups is 2. The van der Waals surface area contributed by atoms with Gasteiger partial charge in [-0.2, -0.15) is 0 Å². The molecule has 1 aromatic carbocycles. The van der Waals surface area contributed by atoms with Gasteiger partial charge in [0, 0.05) is 37.8 Å². The van der Waals surface area contributed by atoms with Crippen LogP contribution in [0.1, 0.15) is 43.0 Å². The lowest BCUT2D eigenvalue weighted by atomic mass is 9.86. The lowest BCUT2D eigenvalue weighted by Gasteiger charge is -2.35. The molecule has 2 aliphatic rings. The highest BCUT2D eigenvalue weighted by Gasteiger charge is 2.26. The van der Waals surface area contributed by atoms with Gasteiger partial charge in [0.15, 0.2) is 0 Å². The number of rotatable bonds is 4. The summed E-state index contributed by atoms with van der Waals surface area (Å²) in [6, 6.07) is 9.74. The van der Waals surface area contributed by atoms with Crippen LogP contribution in [0.15, 0.2) is 30.3 Å². The Labute approximate surface area is 150 Å². The van der Waals surface area contributed by atoms with E-state index in [0.717, 1.165) is 25.1 Å². The maximum Gasteiger partial charge on any atom is 0.253 e. The fraction of sp³-hybridized carbons (Fsp3) is 0.600. The van der Waals surface area contributed by atoms with Gasteiger partial charge in [-0.1, -0.05) is 38.0 Å². The molecule has 0 bridgehead atoms. The Balaban J connectivity index is 1.43. The second kappa shape index (κ2) is 8.48. The quantitative estimate of drug-likeness (QED) is 0.911. The Hall–Kier alpha value is -1.88. The first-order valence-electron chi connectivity index (χ1n) is 9.49. The lowest BCUT2D eigenvalue weighted by molar-refractivity contribution is -0.123. The van der Waals surface area contributed by atoms with E-state index in [-0.39, 0.29) is 11.8 Å². The molecule has 1 aliphatic heterocycles. The van der Waals surface area contributed by atoms with E-state index in [1.54, 1.807) is 0 Å². The van der Waals surface area contributed by atoms with E-state index in [1.807, 2.05) is 35.2 Å². The third kappa shape index (κ3) is 4.82. The van der Waals surface area contributed by atoms with Crippen molar-refractivity contribution in [2.75, 3.05) is 32.7 Å². The number of nitrogens with zero attached hydrogens (tertiary/aromatic N) is 2. The van der Waals surface area contributed by atoms with E-state index in [0.29, 0.717) is 31.6 Å². The average molecular weight is 343 g/mol. The van der Waals surface area contributed by atoms with Gasteiger partial charge in [-0.05, 0) is 30.9 Å². The molecule has 1 aromatic rings. The van der Waals surface area contributed by atoms with Gasteiger partial charge in [0.2, 0.25) is 5.91 Å². The van der Waals surface area contributed by atoms with E-state index in [9.17, 15) is 9.59 Å². The number of piperazine rings is 1. The maximum absolute atomic E-state index is 12.5. The molecule has 2 fully saturated rings. The highest BCUT2D eigenvalue weighted by Crippen LogP contribution is 2.23. The normalized spacial score (nSPS) is 24.8. The third-order valence-electron chi connectivity index (χ3n) is 5.51. The molecule has 1 N–H and O–H groups in total. The van der Waals surface area contributed by atoms with Gasteiger partial charge in [-0.3, -0.25) is 14.5 Å². The molecule has 3 rings (SSSR count). The van der Waals surface area contributed by atoms with Crippen LogP contribution >= 0.6 is 0 Å². The first kappa shape index (κ1) is 17.9. The maximum atomic E-state index is 12.5. The van der Waals surface area contributed by atoms with Crippen molar-refractivity contribution >= 4 is 11.8 Å². The van der Waals surface area contributed by atoms with Crippen molar-refractivity contribution in [2.24, 2.45) is 5.92 Å². The van der Waals surface area contributed by atoms with Crippen LogP contribution in [0.2, 0.25) is 0 Å². The van der Waals surface area contributed by atoms with Crippen LogP contribution in [-0.2, 0) is 4.79 Å². The van der Waals surface area contributed by atoms with Crippen molar-refractivity contribution in [3.8, 4) is 0 Å². The van der Waals surface area contributed by atoms with Crippen LogP contribution in [-0.4, -0.2) is 60.4 Å². The lowest BCUT2D eigenvalue weighted by Crippen LogP contribution is -2.52. The molecule has 2 amide bonds. The zero-order chi connectivity index (χ0) is 17.6. The van der Waals surface area contributed by atoms with Crippen molar-refractivity contribution in [1.29, 1.82) is 0 Å². The largest absolute Gasteiger partial charge is 0.352 e. The number of benzene rings is 1. The summed E-state index contributed by atoms with van der Waals surface area (Å²) in [6.07, 6.45) is 4.82. The van der Waals surface area contributed by atoms with Gasteiger partial charge in [0.25, 0.3) is 5.91 Å². The minimum atomic E-state index is 0.0840. The standard InChI is InChI=1S/C20H29N3O2/c1-16-7-5-6-10-18(16)21-19(24)15-22-11-13-23(14-12-22)20(25)17-8-3-2-4-9-17/h2-4,8-9,16,18H,5-7,10-15H2,1H3,(H,21,24)/t16-,18+/m1/s1. The van der Waals surface area contributed by atoms with Crippen LogP contribution in [0.25, 0.3) is 0 Å². The molecule has 0 aromatic heterocycles. The zero-order valence-corrected chi connectivity index (χ0v) is 15.1. The summed E-state index contributed by atoms with van der Waals surface area (Å²) in [6.45, 7) is 5.55. The molecular formula is C20H29N3O2. The Kier molecular flexibility index (Phi) is 6.08. The Morgan fingerprint density at radius 1 is 1.04 bits per heavy atom. The summed E-state index contributed by atoms with van der Waals surface area (Å²) < 4.78 is 0. The number of amides is 2. The van der Waals surface area contributed by atoms with Crippen molar-refractivity contribution in [3.63, 3.8) is 0 Å². The smallest absolute Gasteiger partial charge is 0.253 e. The van der Waals surface area contributed by atoms with Gasteiger partial charge in [-0.15, -0.1) is 0 Å². The summed E-state index contributed by atoms with van der Waals surface area (Å²) >= 11 is 0. The summed E-state index contributed by atoms with van der Waals surface area (Å²) in [5.41, 5.74) is 0.736. The molecular weight excluding hydrogens is 314 g/mol. The molecule has 1 heterocycles. The van der Waals surface area contributed by atoms with Crippen LogP contribution in [0.4, 0.5) is 0 Å². The third-order valence-corrected chi connectivity index (χ3v) is 5.51. The van der Waals surface area contributed by atoms with Crippen molar-refractivity contribution in [3.05, 3.63) is 35.9 Å². The Bertz CT molecular complexity index is 582. The van der Waals surface area contributed by atoms with E-state index in [1.165, 1.54) is 19.3 Å². The van der Waals surface area contributed by atoms with Crippen molar-refractivity contribution in [2.45, 2.75) is 38.6 Å². The fourth-order valence-corrected chi connectivity index (χ4v) is 3.86. The van der Waals surface area contributed by atoms with Gasteiger partial charge < -0.3 is 10.2 Å². The summed E-state index contributed by atoms with van der Waals surface area (Å²) in [4.78, 5) is 28.8. The van der Waals surface area contributed by atoms with E-state index < -0.39 is 0 Å².